The lowest BCUT2D eigenvalue weighted by Gasteiger charge is -2.12. The minimum atomic E-state index is -0.0486. The number of carbonyl (C=O) groups excluding carboxylic acids is 1. The quantitative estimate of drug-likeness (QED) is 0.649. The second-order valence-corrected chi connectivity index (χ2v) is 4.75. The van der Waals surface area contributed by atoms with E-state index in [4.69, 9.17) is 9.47 Å². The Balaban J connectivity index is 2.19. The van der Waals surface area contributed by atoms with Gasteiger partial charge in [0.2, 0.25) is 0 Å². The van der Waals surface area contributed by atoms with E-state index in [0.717, 1.165) is 11.4 Å². The Morgan fingerprint density at radius 2 is 1.77 bits per heavy atom. The molecule has 22 heavy (non-hydrogen) atoms. The van der Waals surface area contributed by atoms with Crippen LogP contribution >= 0.6 is 0 Å². The minimum Gasteiger partial charge on any atom is -0.497 e. The Bertz CT molecular complexity index is 678. The fraction of sp³-hybridized carbons (Fsp3) is 0.167. The highest BCUT2D eigenvalue weighted by Crippen LogP contribution is 2.29. The largest absolute Gasteiger partial charge is 0.497 e. The van der Waals surface area contributed by atoms with Gasteiger partial charge in [0.15, 0.2) is 5.78 Å². The Hall–Kier alpha value is -2.75. The predicted molar refractivity (Wildman–Crippen MR) is 87.7 cm³/mol. The predicted octanol–water partition coefficient (Wildman–Crippen LogP) is 3.90. The topological polar surface area (TPSA) is 47.6 Å². The molecule has 2 aromatic carbocycles. The molecular weight excluding hydrogens is 278 g/mol. The van der Waals surface area contributed by atoms with Crippen molar-refractivity contribution in [1.82, 2.24) is 0 Å². The standard InChI is InChI=1S/C18H19NO3/c1-13(11-17(20)14-7-5-4-6-8-14)19-16-12-15(21-2)9-10-18(16)22-3/h4-12,19H,1-3H3/b13-11-. The molecule has 0 bridgehead atoms. The normalized spacial score (nSPS) is 11.0. The highest BCUT2D eigenvalue weighted by atomic mass is 16.5. The highest BCUT2D eigenvalue weighted by molar-refractivity contribution is 6.05. The summed E-state index contributed by atoms with van der Waals surface area (Å²) in [7, 11) is 3.20. The van der Waals surface area contributed by atoms with Gasteiger partial charge in [-0.2, -0.15) is 0 Å². The summed E-state index contributed by atoms with van der Waals surface area (Å²) >= 11 is 0. The first-order valence-electron chi connectivity index (χ1n) is 6.90. The molecular formula is C18H19NO3. The molecule has 4 nitrogen and oxygen atoms in total. The van der Waals surface area contributed by atoms with Crippen LogP contribution < -0.4 is 14.8 Å². The van der Waals surface area contributed by atoms with Gasteiger partial charge in [0.25, 0.3) is 0 Å². The number of ether oxygens (including phenoxy) is 2. The van der Waals surface area contributed by atoms with Crippen molar-refractivity contribution in [2.45, 2.75) is 6.92 Å². The molecule has 114 valence electrons. The number of nitrogens with one attached hydrogen (secondary N) is 1. The van der Waals surface area contributed by atoms with Crippen molar-refractivity contribution in [3.05, 3.63) is 65.9 Å². The van der Waals surface area contributed by atoms with Crippen LogP contribution in [0.25, 0.3) is 0 Å². The second kappa shape index (κ2) is 7.31. The first-order valence-corrected chi connectivity index (χ1v) is 6.90. The van der Waals surface area contributed by atoms with Crippen LogP contribution in [-0.2, 0) is 0 Å². The number of benzene rings is 2. The summed E-state index contributed by atoms with van der Waals surface area (Å²) in [5.74, 6) is 1.35. The zero-order chi connectivity index (χ0) is 15.9. The number of carbonyl (C=O) groups is 1. The number of methoxy groups -OCH3 is 2. The zero-order valence-electron chi connectivity index (χ0n) is 12.9. The number of ketones is 1. The van der Waals surface area contributed by atoms with Gasteiger partial charge in [0, 0.05) is 23.4 Å². The second-order valence-electron chi connectivity index (χ2n) is 4.75. The molecule has 0 amide bonds. The van der Waals surface area contributed by atoms with Crippen molar-refractivity contribution in [2.24, 2.45) is 0 Å². The average Bonchev–Trinajstić information content (AvgIpc) is 2.55. The Labute approximate surface area is 130 Å². The highest BCUT2D eigenvalue weighted by Gasteiger charge is 2.07. The van der Waals surface area contributed by atoms with E-state index in [1.54, 1.807) is 32.4 Å². The molecule has 2 aromatic rings. The Kier molecular flexibility index (Phi) is 5.20. The Morgan fingerprint density at radius 3 is 2.41 bits per heavy atom. The van der Waals surface area contributed by atoms with E-state index in [9.17, 15) is 4.79 Å². The fourth-order valence-corrected chi connectivity index (χ4v) is 2.04. The molecule has 1 N–H and O–H groups in total. The molecule has 0 aliphatic rings. The fourth-order valence-electron chi connectivity index (χ4n) is 2.04. The molecule has 2 rings (SSSR count). The average molecular weight is 297 g/mol. The molecule has 0 fully saturated rings. The van der Waals surface area contributed by atoms with Gasteiger partial charge >= 0.3 is 0 Å². The van der Waals surface area contributed by atoms with Gasteiger partial charge in [0.05, 0.1) is 19.9 Å². The van der Waals surface area contributed by atoms with Crippen molar-refractivity contribution >= 4 is 11.5 Å². The van der Waals surface area contributed by atoms with Gasteiger partial charge in [-0.15, -0.1) is 0 Å². The summed E-state index contributed by atoms with van der Waals surface area (Å²) in [5, 5.41) is 3.17. The molecule has 0 aliphatic heterocycles. The van der Waals surface area contributed by atoms with Gasteiger partial charge in [-0.05, 0) is 19.1 Å². The summed E-state index contributed by atoms with van der Waals surface area (Å²) in [6.45, 7) is 1.83. The van der Waals surface area contributed by atoms with Crippen molar-refractivity contribution in [2.75, 3.05) is 19.5 Å². The third-order valence-electron chi connectivity index (χ3n) is 3.14. The van der Waals surface area contributed by atoms with E-state index in [2.05, 4.69) is 5.32 Å². The molecule has 0 saturated carbocycles. The van der Waals surface area contributed by atoms with Crippen LogP contribution in [0.15, 0.2) is 60.3 Å². The van der Waals surface area contributed by atoms with Gasteiger partial charge in [-0.1, -0.05) is 30.3 Å². The molecule has 0 unspecified atom stereocenters. The summed E-state index contributed by atoms with van der Waals surface area (Å²) in [6, 6.07) is 14.6. The maximum absolute atomic E-state index is 12.2. The number of hydrogen-bond acceptors (Lipinski definition) is 4. The van der Waals surface area contributed by atoms with E-state index >= 15 is 0 Å². The van der Waals surface area contributed by atoms with Gasteiger partial charge in [-0.25, -0.2) is 0 Å². The third kappa shape index (κ3) is 3.88. The van der Waals surface area contributed by atoms with Crippen LogP contribution in [0.4, 0.5) is 5.69 Å². The smallest absolute Gasteiger partial charge is 0.187 e. The van der Waals surface area contributed by atoms with E-state index < -0.39 is 0 Å². The lowest BCUT2D eigenvalue weighted by Crippen LogP contribution is -2.03. The van der Waals surface area contributed by atoms with Crippen molar-refractivity contribution in [3.63, 3.8) is 0 Å². The monoisotopic (exact) mass is 297 g/mol. The maximum atomic E-state index is 12.2. The van der Waals surface area contributed by atoms with E-state index in [0.29, 0.717) is 17.1 Å². The molecule has 0 heterocycles. The number of hydrogen-bond donors (Lipinski definition) is 1. The molecule has 0 radical (unpaired) electrons. The van der Waals surface area contributed by atoms with Gasteiger partial charge in [-0.3, -0.25) is 4.79 Å². The van der Waals surface area contributed by atoms with Crippen molar-refractivity contribution < 1.29 is 14.3 Å². The lowest BCUT2D eigenvalue weighted by atomic mass is 10.1. The van der Waals surface area contributed by atoms with Gasteiger partial charge in [0.1, 0.15) is 11.5 Å². The van der Waals surface area contributed by atoms with Crippen LogP contribution in [0.1, 0.15) is 17.3 Å². The maximum Gasteiger partial charge on any atom is 0.187 e. The molecule has 4 heteroatoms. The number of allylic oxidation sites excluding steroid dienone is 2. The third-order valence-corrected chi connectivity index (χ3v) is 3.14. The summed E-state index contributed by atoms with van der Waals surface area (Å²) in [5.41, 5.74) is 2.12. The zero-order valence-corrected chi connectivity index (χ0v) is 12.9. The van der Waals surface area contributed by atoms with E-state index in [-0.39, 0.29) is 5.78 Å². The van der Waals surface area contributed by atoms with Crippen molar-refractivity contribution in [1.29, 1.82) is 0 Å². The van der Waals surface area contributed by atoms with E-state index in [1.165, 1.54) is 0 Å². The van der Waals surface area contributed by atoms with E-state index in [1.807, 2.05) is 43.3 Å². The van der Waals surface area contributed by atoms with Crippen molar-refractivity contribution in [3.8, 4) is 11.5 Å². The summed E-state index contributed by atoms with van der Waals surface area (Å²) in [6.07, 6.45) is 1.56. The molecule has 0 aromatic heterocycles. The van der Waals surface area contributed by atoms with Gasteiger partial charge < -0.3 is 14.8 Å². The molecule has 0 saturated heterocycles. The first-order chi connectivity index (χ1) is 10.6. The molecule has 0 aliphatic carbocycles. The first kappa shape index (κ1) is 15.6. The van der Waals surface area contributed by atoms with Crippen LogP contribution in [0.2, 0.25) is 0 Å². The molecule has 0 atom stereocenters. The SMILES string of the molecule is COc1ccc(OC)c(N/C(C)=C\C(=O)c2ccccc2)c1. The number of rotatable bonds is 6. The lowest BCUT2D eigenvalue weighted by molar-refractivity contribution is 0.104. The van der Waals surface area contributed by atoms with Crippen LogP contribution in [0, 0.1) is 0 Å². The number of anilines is 1. The summed E-state index contributed by atoms with van der Waals surface area (Å²) in [4.78, 5) is 12.2. The van der Waals surface area contributed by atoms with Crippen LogP contribution in [0.5, 0.6) is 11.5 Å². The summed E-state index contributed by atoms with van der Waals surface area (Å²) < 4.78 is 10.5. The van der Waals surface area contributed by atoms with Crippen LogP contribution in [0.3, 0.4) is 0 Å². The molecule has 0 spiro atoms. The minimum absolute atomic E-state index is 0.0486. The van der Waals surface area contributed by atoms with Crippen LogP contribution in [-0.4, -0.2) is 20.0 Å². The Morgan fingerprint density at radius 1 is 1.05 bits per heavy atom.